The van der Waals surface area contributed by atoms with Crippen LogP contribution in [0.1, 0.15) is 38.7 Å². The zero-order valence-electron chi connectivity index (χ0n) is 11.3. The Balaban J connectivity index is 0.000000555. The molecule has 1 aromatic rings. The first kappa shape index (κ1) is 16.8. The Bertz CT molecular complexity index is 458. The number of phenols is 1. The Hall–Kier alpha value is -2.18. The normalized spacial score (nSPS) is 9.42. The van der Waals surface area contributed by atoms with Crippen molar-refractivity contribution in [2.45, 2.75) is 40.0 Å². The number of aromatic hydroxyl groups is 1. The SMILES string of the molecule is CCCCC.Cc1cc([N+](=O)[O-])cc([N+](=O)[O-])c1O. The third-order valence-electron chi connectivity index (χ3n) is 2.38. The molecular weight excluding hydrogens is 252 g/mol. The molecule has 1 N–H and O–H groups in total. The number of hydrogen-bond donors (Lipinski definition) is 1. The molecule has 0 atom stereocenters. The minimum absolute atomic E-state index is 0.103. The molecule has 0 fully saturated rings. The molecule has 1 rings (SSSR count). The molecule has 7 heteroatoms. The Morgan fingerprint density at radius 3 is 1.95 bits per heavy atom. The summed E-state index contributed by atoms with van der Waals surface area (Å²) in [5.74, 6) is -0.541. The summed E-state index contributed by atoms with van der Waals surface area (Å²) in [4.78, 5) is 19.1. The second-order valence-corrected chi connectivity index (χ2v) is 4.00. The Morgan fingerprint density at radius 1 is 1.11 bits per heavy atom. The third kappa shape index (κ3) is 5.33. The highest BCUT2D eigenvalue weighted by Crippen LogP contribution is 2.33. The molecular formula is C12H18N2O5. The molecule has 106 valence electrons. The molecule has 0 unspecified atom stereocenters. The lowest BCUT2D eigenvalue weighted by Gasteiger charge is -1.99. The fourth-order valence-corrected chi connectivity index (χ4v) is 1.34. The van der Waals surface area contributed by atoms with Crippen molar-refractivity contribution in [1.29, 1.82) is 0 Å². The zero-order chi connectivity index (χ0) is 15.0. The van der Waals surface area contributed by atoms with Crippen LogP contribution in [0.2, 0.25) is 0 Å². The van der Waals surface area contributed by atoms with E-state index in [0.717, 1.165) is 12.1 Å². The van der Waals surface area contributed by atoms with Crippen LogP contribution in [0, 0.1) is 27.2 Å². The Labute approximate surface area is 111 Å². The van der Waals surface area contributed by atoms with Crippen LogP contribution in [0.3, 0.4) is 0 Å². The molecule has 0 radical (unpaired) electrons. The first-order valence-electron chi connectivity index (χ1n) is 5.97. The quantitative estimate of drug-likeness (QED) is 0.662. The number of phenolic OH excluding ortho intramolecular Hbond substituents is 1. The lowest BCUT2D eigenvalue weighted by Crippen LogP contribution is -1.94. The van der Waals surface area contributed by atoms with Crippen LogP contribution in [-0.4, -0.2) is 15.0 Å². The number of benzene rings is 1. The summed E-state index contributed by atoms with van der Waals surface area (Å²) >= 11 is 0. The van der Waals surface area contributed by atoms with Gasteiger partial charge in [-0.25, -0.2) is 0 Å². The summed E-state index contributed by atoms with van der Waals surface area (Å²) in [6.45, 7) is 5.78. The van der Waals surface area contributed by atoms with Crippen LogP contribution in [0.15, 0.2) is 12.1 Å². The third-order valence-corrected chi connectivity index (χ3v) is 2.38. The van der Waals surface area contributed by atoms with Gasteiger partial charge in [-0.3, -0.25) is 20.2 Å². The van der Waals surface area contributed by atoms with Crippen molar-refractivity contribution >= 4 is 11.4 Å². The van der Waals surface area contributed by atoms with Gasteiger partial charge in [0.1, 0.15) is 0 Å². The smallest absolute Gasteiger partial charge is 0.317 e. The van der Waals surface area contributed by atoms with Crippen LogP contribution in [-0.2, 0) is 0 Å². The molecule has 0 heterocycles. The summed E-state index contributed by atoms with van der Waals surface area (Å²) < 4.78 is 0. The van der Waals surface area contributed by atoms with Crippen molar-refractivity contribution in [3.05, 3.63) is 37.9 Å². The van der Waals surface area contributed by atoms with E-state index in [9.17, 15) is 25.3 Å². The van der Waals surface area contributed by atoms with Crippen molar-refractivity contribution < 1.29 is 15.0 Å². The number of non-ortho nitro benzene ring substituents is 1. The summed E-state index contributed by atoms with van der Waals surface area (Å²) in [5, 5.41) is 29.9. The molecule has 7 nitrogen and oxygen atoms in total. The number of unbranched alkanes of at least 4 members (excludes halogenated alkanes) is 2. The predicted octanol–water partition coefficient (Wildman–Crippen LogP) is 3.71. The summed E-state index contributed by atoms with van der Waals surface area (Å²) in [7, 11) is 0. The Morgan fingerprint density at radius 2 is 1.63 bits per heavy atom. The number of rotatable bonds is 4. The average Bonchev–Trinajstić information content (AvgIpc) is 2.33. The zero-order valence-corrected chi connectivity index (χ0v) is 11.3. The lowest BCUT2D eigenvalue weighted by atomic mass is 10.1. The summed E-state index contributed by atoms with van der Waals surface area (Å²) in [6.07, 6.45) is 4.08. The van der Waals surface area contributed by atoms with Crippen molar-refractivity contribution in [3.8, 4) is 5.75 Å². The van der Waals surface area contributed by atoms with E-state index in [1.165, 1.54) is 26.2 Å². The van der Waals surface area contributed by atoms with E-state index in [0.29, 0.717) is 0 Å². The highest BCUT2D eigenvalue weighted by Gasteiger charge is 2.21. The second-order valence-electron chi connectivity index (χ2n) is 4.00. The maximum Gasteiger partial charge on any atom is 0.317 e. The topological polar surface area (TPSA) is 107 Å². The standard InChI is InChI=1S/C7H6N2O5.C5H12/c1-4-2-5(8(11)12)3-6(7(4)10)9(13)14;1-3-5-4-2/h2-3,10H,1H3;3-5H2,1-2H3. The molecule has 0 bridgehead atoms. The molecule has 0 aromatic heterocycles. The fraction of sp³-hybridized carbons (Fsp3) is 0.500. The number of aryl methyl sites for hydroxylation is 1. The maximum absolute atomic E-state index is 10.4. The minimum Gasteiger partial charge on any atom is -0.502 e. The molecule has 0 aliphatic heterocycles. The molecule has 0 saturated carbocycles. The molecule has 0 spiro atoms. The van der Waals surface area contributed by atoms with Crippen LogP contribution in [0.5, 0.6) is 5.75 Å². The summed E-state index contributed by atoms with van der Waals surface area (Å²) in [5.41, 5.74) is -0.963. The number of nitro groups is 2. The lowest BCUT2D eigenvalue weighted by molar-refractivity contribution is -0.394. The van der Waals surface area contributed by atoms with E-state index in [2.05, 4.69) is 13.8 Å². The van der Waals surface area contributed by atoms with Crippen LogP contribution in [0.25, 0.3) is 0 Å². The maximum atomic E-state index is 10.4. The second kappa shape index (κ2) is 8.02. The average molecular weight is 270 g/mol. The van der Waals surface area contributed by atoms with Crippen LogP contribution < -0.4 is 0 Å². The van der Waals surface area contributed by atoms with E-state index < -0.39 is 27.0 Å². The minimum atomic E-state index is -0.866. The van der Waals surface area contributed by atoms with Gasteiger partial charge in [0.2, 0.25) is 0 Å². The predicted molar refractivity (Wildman–Crippen MR) is 71.4 cm³/mol. The van der Waals surface area contributed by atoms with Gasteiger partial charge in [-0.2, -0.15) is 0 Å². The van der Waals surface area contributed by atoms with Gasteiger partial charge < -0.3 is 5.11 Å². The molecule has 0 saturated heterocycles. The van der Waals surface area contributed by atoms with Gasteiger partial charge in [-0.15, -0.1) is 0 Å². The van der Waals surface area contributed by atoms with Crippen molar-refractivity contribution in [3.63, 3.8) is 0 Å². The fourth-order valence-electron chi connectivity index (χ4n) is 1.34. The number of nitro benzene ring substituents is 2. The molecule has 0 aliphatic rings. The molecule has 19 heavy (non-hydrogen) atoms. The van der Waals surface area contributed by atoms with Crippen molar-refractivity contribution in [2.75, 3.05) is 0 Å². The van der Waals surface area contributed by atoms with Gasteiger partial charge in [0.15, 0.2) is 5.75 Å². The van der Waals surface area contributed by atoms with Crippen molar-refractivity contribution in [1.82, 2.24) is 0 Å². The molecule has 0 aliphatic carbocycles. The van der Waals surface area contributed by atoms with Gasteiger partial charge in [-0.1, -0.05) is 33.1 Å². The van der Waals surface area contributed by atoms with Crippen molar-refractivity contribution in [2.24, 2.45) is 0 Å². The monoisotopic (exact) mass is 270 g/mol. The molecule has 0 amide bonds. The van der Waals surface area contributed by atoms with Gasteiger partial charge in [0.05, 0.1) is 15.9 Å². The van der Waals surface area contributed by atoms with Crippen LogP contribution >= 0.6 is 0 Å². The number of hydrogen-bond acceptors (Lipinski definition) is 5. The van der Waals surface area contributed by atoms with E-state index in [1.807, 2.05) is 0 Å². The highest BCUT2D eigenvalue weighted by atomic mass is 16.6. The van der Waals surface area contributed by atoms with Gasteiger partial charge in [0, 0.05) is 11.6 Å². The first-order valence-corrected chi connectivity index (χ1v) is 5.97. The number of nitrogens with zero attached hydrogens (tertiary/aromatic N) is 2. The highest BCUT2D eigenvalue weighted by molar-refractivity contribution is 5.57. The Kier molecular flexibility index (Phi) is 7.10. The molecule has 1 aromatic carbocycles. The van der Waals surface area contributed by atoms with Gasteiger partial charge in [-0.05, 0) is 6.92 Å². The summed E-state index contributed by atoms with van der Waals surface area (Å²) in [6, 6.07) is 1.80. The largest absolute Gasteiger partial charge is 0.502 e. The van der Waals surface area contributed by atoms with Gasteiger partial charge in [0.25, 0.3) is 5.69 Å². The van der Waals surface area contributed by atoms with E-state index >= 15 is 0 Å². The van der Waals surface area contributed by atoms with E-state index in [1.54, 1.807) is 0 Å². The van der Waals surface area contributed by atoms with Crippen LogP contribution in [0.4, 0.5) is 11.4 Å². The van der Waals surface area contributed by atoms with E-state index in [4.69, 9.17) is 0 Å². The van der Waals surface area contributed by atoms with E-state index in [-0.39, 0.29) is 5.56 Å². The van der Waals surface area contributed by atoms with Gasteiger partial charge >= 0.3 is 5.69 Å². The first-order chi connectivity index (χ1) is 8.84.